The predicted octanol–water partition coefficient (Wildman–Crippen LogP) is 0.110. The molecule has 3 heterocycles. The van der Waals surface area contributed by atoms with Crippen LogP contribution < -0.4 is 10.6 Å². The summed E-state index contributed by atoms with van der Waals surface area (Å²) >= 11 is 2.05. The minimum Gasteiger partial charge on any atom is -0.334 e. The molecule has 0 aliphatic carbocycles. The Morgan fingerprint density at radius 3 is 2.90 bits per heavy atom. The van der Waals surface area contributed by atoms with E-state index in [4.69, 9.17) is 0 Å². The zero-order valence-corrected chi connectivity index (χ0v) is 12.5. The fourth-order valence-electron chi connectivity index (χ4n) is 2.49. The third-order valence-corrected chi connectivity index (χ3v) is 4.40. The van der Waals surface area contributed by atoms with Crippen molar-refractivity contribution in [1.29, 1.82) is 0 Å². The van der Waals surface area contributed by atoms with Gasteiger partial charge in [-0.15, -0.1) is 0 Å². The Morgan fingerprint density at radius 2 is 2.25 bits per heavy atom. The smallest absolute Gasteiger partial charge is 0.322 e. The van der Waals surface area contributed by atoms with E-state index >= 15 is 0 Å². The zero-order chi connectivity index (χ0) is 14.3. The molecule has 2 aliphatic heterocycles. The highest BCUT2D eigenvalue weighted by Crippen LogP contribution is 2.26. The minimum atomic E-state index is -0.979. The van der Waals surface area contributed by atoms with E-state index in [0.717, 1.165) is 3.57 Å². The highest BCUT2D eigenvalue weighted by molar-refractivity contribution is 14.1. The molecule has 3 rings (SSSR count). The van der Waals surface area contributed by atoms with Gasteiger partial charge in [-0.2, -0.15) is 0 Å². The summed E-state index contributed by atoms with van der Waals surface area (Å²) in [6, 6.07) is 3.06. The number of hydrogen-bond donors (Lipinski definition) is 2. The molecule has 4 amide bonds. The van der Waals surface area contributed by atoms with Gasteiger partial charge in [0.1, 0.15) is 11.2 Å². The van der Waals surface area contributed by atoms with Crippen molar-refractivity contribution in [2.45, 2.75) is 12.0 Å². The van der Waals surface area contributed by atoms with Crippen molar-refractivity contribution in [3.63, 3.8) is 0 Å². The first kappa shape index (κ1) is 13.3. The number of likely N-dealkylation sites (tertiary alicyclic amines) is 1. The number of carbonyl (C=O) groups excluding carboxylic acids is 3. The number of carbonyl (C=O) groups is 3. The molecule has 104 valence electrons. The molecule has 2 saturated heterocycles. The zero-order valence-electron chi connectivity index (χ0n) is 10.4. The topological polar surface area (TPSA) is 91.4 Å². The summed E-state index contributed by atoms with van der Waals surface area (Å²) < 4.78 is 0.760. The summed E-state index contributed by atoms with van der Waals surface area (Å²) in [5.74, 6) is -0.589. The van der Waals surface area contributed by atoms with Crippen LogP contribution in [0.25, 0.3) is 0 Å². The van der Waals surface area contributed by atoms with E-state index < -0.39 is 11.6 Å². The Morgan fingerprint density at radius 1 is 1.45 bits per heavy atom. The number of imide groups is 1. The number of aromatic nitrogens is 1. The number of nitrogens with zero attached hydrogens (tertiary/aromatic N) is 2. The van der Waals surface area contributed by atoms with Crippen LogP contribution in [0.4, 0.5) is 4.79 Å². The lowest BCUT2D eigenvalue weighted by molar-refractivity contribution is -0.123. The van der Waals surface area contributed by atoms with Crippen LogP contribution in [0.15, 0.2) is 18.3 Å². The molecule has 2 N–H and O–H groups in total. The Hall–Kier alpha value is -1.71. The van der Waals surface area contributed by atoms with Crippen molar-refractivity contribution >= 4 is 40.4 Å². The lowest BCUT2D eigenvalue weighted by Gasteiger charge is -2.21. The molecule has 7 nitrogen and oxygen atoms in total. The fraction of sp³-hybridized carbons (Fsp3) is 0.333. The minimum absolute atomic E-state index is 0.177. The van der Waals surface area contributed by atoms with E-state index in [-0.39, 0.29) is 18.4 Å². The Balaban J connectivity index is 1.81. The van der Waals surface area contributed by atoms with Crippen LogP contribution in [0.3, 0.4) is 0 Å². The van der Waals surface area contributed by atoms with Gasteiger partial charge in [-0.1, -0.05) is 0 Å². The van der Waals surface area contributed by atoms with Crippen LogP contribution in [0.5, 0.6) is 0 Å². The van der Waals surface area contributed by atoms with Crippen molar-refractivity contribution < 1.29 is 14.4 Å². The Labute approximate surface area is 128 Å². The first-order valence-corrected chi connectivity index (χ1v) is 7.13. The molecule has 1 unspecified atom stereocenters. The summed E-state index contributed by atoms with van der Waals surface area (Å²) in [5, 5.41) is 4.83. The number of urea groups is 1. The lowest BCUT2D eigenvalue weighted by Crippen LogP contribution is -2.49. The van der Waals surface area contributed by atoms with E-state index in [9.17, 15) is 14.4 Å². The normalized spacial score (nSPS) is 24.9. The van der Waals surface area contributed by atoms with E-state index in [2.05, 4.69) is 38.2 Å². The first-order valence-electron chi connectivity index (χ1n) is 6.05. The molecule has 8 heteroatoms. The molecule has 20 heavy (non-hydrogen) atoms. The number of pyridine rings is 1. The summed E-state index contributed by atoms with van der Waals surface area (Å²) in [4.78, 5) is 41.1. The number of hydrogen-bond acceptors (Lipinski definition) is 4. The average molecular weight is 386 g/mol. The molecular weight excluding hydrogens is 375 g/mol. The van der Waals surface area contributed by atoms with Gasteiger partial charge in [0.15, 0.2) is 0 Å². The monoisotopic (exact) mass is 386 g/mol. The molecule has 0 radical (unpaired) electrons. The van der Waals surface area contributed by atoms with Gasteiger partial charge >= 0.3 is 6.03 Å². The summed E-state index contributed by atoms with van der Waals surface area (Å²) in [5.41, 5.74) is -0.609. The first-order chi connectivity index (χ1) is 9.52. The van der Waals surface area contributed by atoms with Crippen molar-refractivity contribution in [2.75, 3.05) is 13.1 Å². The standard InChI is InChI=1S/C12H11IN4O3/c13-7-2-1-4-14-8(7)9(18)17-5-3-12(6-17)10(19)15-11(20)16-12/h1-2,4H,3,5-6H2,(H2,15,16,19,20). The van der Waals surface area contributed by atoms with Gasteiger partial charge < -0.3 is 10.2 Å². The molecule has 0 saturated carbocycles. The van der Waals surface area contributed by atoms with Crippen molar-refractivity contribution in [1.82, 2.24) is 20.5 Å². The molecular formula is C12H11IN4O3. The number of nitrogens with one attached hydrogen (secondary N) is 2. The van der Waals surface area contributed by atoms with Crippen LogP contribution in [0.2, 0.25) is 0 Å². The molecule has 2 aliphatic rings. The molecule has 2 fully saturated rings. The van der Waals surface area contributed by atoms with Gasteiger partial charge in [0.2, 0.25) is 0 Å². The molecule has 1 atom stereocenters. The maximum absolute atomic E-state index is 12.4. The van der Waals surface area contributed by atoms with Gasteiger partial charge in [0, 0.05) is 16.3 Å². The highest BCUT2D eigenvalue weighted by atomic mass is 127. The van der Waals surface area contributed by atoms with Gasteiger partial charge in [0.05, 0.1) is 6.54 Å². The second-order valence-electron chi connectivity index (χ2n) is 4.80. The second kappa shape index (κ2) is 4.69. The molecule has 0 aromatic carbocycles. The van der Waals surface area contributed by atoms with Crippen molar-refractivity contribution in [3.8, 4) is 0 Å². The van der Waals surface area contributed by atoms with Gasteiger partial charge in [0.25, 0.3) is 11.8 Å². The number of rotatable bonds is 1. The van der Waals surface area contributed by atoms with E-state index in [1.165, 1.54) is 0 Å². The fourth-order valence-corrected chi connectivity index (χ4v) is 3.07. The van der Waals surface area contributed by atoms with Gasteiger partial charge in [-0.3, -0.25) is 14.9 Å². The van der Waals surface area contributed by atoms with E-state index in [1.54, 1.807) is 23.2 Å². The summed E-state index contributed by atoms with van der Waals surface area (Å²) in [6.07, 6.45) is 1.98. The molecule has 1 aromatic heterocycles. The molecule has 1 spiro atoms. The van der Waals surface area contributed by atoms with E-state index in [1.807, 2.05) is 0 Å². The van der Waals surface area contributed by atoms with Crippen LogP contribution >= 0.6 is 22.6 Å². The highest BCUT2D eigenvalue weighted by Gasteiger charge is 2.51. The van der Waals surface area contributed by atoms with Crippen LogP contribution in [-0.4, -0.2) is 46.4 Å². The maximum Gasteiger partial charge on any atom is 0.322 e. The largest absolute Gasteiger partial charge is 0.334 e. The third kappa shape index (κ3) is 2.03. The van der Waals surface area contributed by atoms with Gasteiger partial charge in [-0.25, -0.2) is 9.78 Å². The summed E-state index contributed by atoms with van der Waals surface area (Å²) in [6.45, 7) is 0.593. The van der Waals surface area contributed by atoms with Gasteiger partial charge in [-0.05, 0) is 41.1 Å². The molecule has 0 bridgehead atoms. The SMILES string of the molecule is O=C1NC(=O)C2(CCN(C(=O)c3ncccc3I)C2)N1. The van der Waals surface area contributed by atoms with Crippen LogP contribution in [0, 0.1) is 3.57 Å². The van der Waals surface area contributed by atoms with Crippen LogP contribution in [0.1, 0.15) is 16.9 Å². The lowest BCUT2D eigenvalue weighted by atomic mass is 9.99. The van der Waals surface area contributed by atoms with Crippen molar-refractivity contribution in [2.24, 2.45) is 0 Å². The Bertz CT molecular complexity index is 620. The molecule has 1 aromatic rings. The number of amides is 4. The van der Waals surface area contributed by atoms with Crippen LogP contribution in [-0.2, 0) is 4.79 Å². The van der Waals surface area contributed by atoms with Crippen molar-refractivity contribution in [3.05, 3.63) is 27.6 Å². The average Bonchev–Trinajstić information content (AvgIpc) is 2.95. The Kier molecular flexibility index (Phi) is 3.11. The third-order valence-electron chi connectivity index (χ3n) is 3.53. The maximum atomic E-state index is 12.4. The predicted molar refractivity (Wildman–Crippen MR) is 76.9 cm³/mol. The number of halogens is 1. The summed E-state index contributed by atoms with van der Waals surface area (Å²) in [7, 11) is 0. The van der Waals surface area contributed by atoms with E-state index in [0.29, 0.717) is 18.7 Å². The quantitative estimate of drug-likeness (QED) is 0.530. The second-order valence-corrected chi connectivity index (χ2v) is 5.96.